The Kier molecular flexibility index (Phi) is 7.81. The molecule has 4 atom stereocenters. The van der Waals surface area contributed by atoms with Gasteiger partial charge >= 0.3 is 0 Å². The van der Waals surface area contributed by atoms with E-state index in [1.54, 1.807) is 13.0 Å². The third kappa shape index (κ3) is 5.66. The van der Waals surface area contributed by atoms with Gasteiger partial charge in [-0.05, 0) is 50.1 Å². The number of hydrogen-bond donors (Lipinski definition) is 3. The van der Waals surface area contributed by atoms with Crippen molar-refractivity contribution in [2.75, 3.05) is 11.6 Å². The van der Waals surface area contributed by atoms with Crippen molar-refractivity contribution in [3.05, 3.63) is 71.4 Å². The predicted octanol–water partition coefficient (Wildman–Crippen LogP) is 3.54. The molecule has 1 aromatic carbocycles. The number of benzene rings is 1. The Morgan fingerprint density at radius 2 is 1.87 bits per heavy atom. The van der Waals surface area contributed by atoms with Crippen molar-refractivity contribution >= 4 is 21.4 Å². The lowest BCUT2D eigenvalue weighted by Crippen LogP contribution is -2.58. The van der Waals surface area contributed by atoms with Crippen LogP contribution in [-0.4, -0.2) is 53.4 Å². The summed E-state index contributed by atoms with van der Waals surface area (Å²) < 4.78 is 73.5. The number of carbonyl (C=O) groups excluding carboxylic acids is 1. The van der Waals surface area contributed by atoms with Crippen molar-refractivity contribution in [1.29, 1.82) is 0 Å². The third-order valence-corrected chi connectivity index (χ3v) is 7.87. The zero-order chi connectivity index (χ0) is 28.7. The zero-order valence-corrected chi connectivity index (χ0v) is 22.1. The quantitative estimate of drug-likeness (QED) is 0.413. The molecule has 2 aromatic heterocycles. The highest BCUT2D eigenvalue weighted by Crippen LogP contribution is 2.39. The lowest BCUT2D eigenvalue weighted by molar-refractivity contribution is -0.179. The van der Waals surface area contributed by atoms with Crippen molar-refractivity contribution in [3.8, 4) is 11.3 Å². The standard InChI is InChI=1S/C26H27F3N4O5S/c1-4-22-26(2,35)21(30)11-20(38-22)14-7-8-31-12-19(14)33-25(34)18-6-5-15(27)24(32-18)23-16(28)9-13(10-17(23)29)39(3,36)37/h5-10,12,20-22,35H,4,11,30H2,1-3H3,(H,33,34)/t20-,21+,22+,26-/m0/s1. The average molecular weight is 565 g/mol. The number of nitrogens with two attached hydrogens (primary N) is 1. The molecule has 1 saturated heterocycles. The van der Waals surface area contributed by atoms with Gasteiger partial charge in [-0.2, -0.15) is 0 Å². The number of ether oxygens (including phenoxy) is 1. The molecule has 1 amide bonds. The van der Waals surface area contributed by atoms with Crippen LogP contribution in [0.4, 0.5) is 18.9 Å². The smallest absolute Gasteiger partial charge is 0.274 e. The van der Waals surface area contributed by atoms with Gasteiger partial charge in [0.2, 0.25) is 0 Å². The van der Waals surface area contributed by atoms with Crippen LogP contribution < -0.4 is 11.1 Å². The second-order valence-corrected chi connectivity index (χ2v) is 11.6. The topological polar surface area (TPSA) is 144 Å². The largest absolute Gasteiger partial charge is 0.386 e. The number of rotatable bonds is 6. The van der Waals surface area contributed by atoms with Gasteiger partial charge in [0.1, 0.15) is 34.4 Å². The maximum Gasteiger partial charge on any atom is 0.274 e. The summed E-state index contributed by atoms with van der Waals surface area (Å²) in [5, 5.41) is 13.3. The van der Waals surface area contributed by atoms with Crippen molar-refractivity contribution in [2.24, 2.45) is 5.73 Å². The second kappa shape index (κ2) is 10.6. The predicted molar refractivity (Wildman–Crippen MR) is 136 cm³/mol. The Balaban J connectivity index is 1.66. The highest BCUT2D eigenvalue weighted by molar-refractivity contribution is 7.90. The molecular weight excluding hydrogens is 537 g/mol. The van der Waals surface area contributed by atoms with E-state index in [1.165, 1.54) is 12.4 Å². The summed E-state index contributed by atoms with van der Waals surface area (Å²) in [6.45, 7) is 3.46. The number of sulfone groups is 1. The van der Waals surface area contributed by atoms with Gasteiger partial charge in [0, 0.05) is 24.1 Å². The lowest BCUT2D eigenvalue weighted by atomic mass is 9.81. The van der Waals surface area contributed by atoms with Gasteiger partial charge in [-0.3, -0.25) is 9.78 Å². The molecule has 3 heterocycles. The third-order valence-electron chi connectivity index (χ3n) is 6.78. The molecule has 3 aromatic rings. The molecule has 39 heavy (non-hydrogen) atoms. The van der Waals surface area contributed by atoms with Crippen LogP contribution in [0.3, 0.4) is 0 Å². The van der Waals surface area contributed by atoms with Crippen molar-refractivity contribution in [1.82, 2.24) is 9.97 Å². The van der Waals surface area contributed by atoms with Crippen LogP contribution >= 0.6 is 0 Å². The molecule has 0 aliphatic carbocycles. The summed E-state index contributed by atoms with van der Waals surface area (Å²) in [5.41, 5.74) is 3.63. The molecule has 0 bridgehead atoms. The SMILES string of the molecule is CC[C@H]1O[C@H](c2ccncc2NC(=O)c2ccc(F)c(-c3c(F)cc(S(C)(=O)=O)cc3F)n2)C[C@@H](N)[C@]1(C)O. The summed E-state index contributed by atoms with van der Waals surface area (Å²) in [5.74, 6) is -4.68. The van der Waals surface area contributed by atoms with Gasteiger partial charge in [-0.15, -0.1) is 0 Å². The summed E-state index contributed by atoms with van der Waals surface area (Å²) in [7, 11) is -3.94. The number of nitrogens with one attached hydrogen (secondary N) is 1. The minimum absolute atomic E-state index is 0.235. The number of carbonyl (C=O) groups is 1. The first-order valence-corrected chi connectivity index (χ1v) is 13.9. The molecular formula is C26H27F3N4O5S. The number of amides is 1. The monoisotopic (exact) mass is 564 g/mol. The van der Waals surface area contributed by atoms with Crippen LogP contribution in [-0.2, 0) is 14.6 Å². The maximum atomic E-state index is 14.7. The van der Waals surface area contributed by atoms with Crippen LogP contribution in [0.2, 0.25) is 0 Å². The van der Waals surface area contributed by atoms with Crippen LogP contribution in [0.5, 0.6) is 0 Å². The highest BCUT2D eigenvalue weighted by Gasteiger charge is 2.45. The number of aromatic nitrogens is 2. The molecule has 4 rings (SSSR count). The van der Waals surface area contributed by atoms with E-state index in [0.29, 0.717) is 24.1 Å². The first kappa shape index (κ1) is 28.6. The van der Waals surface area contributed by atoms with Gasteiger partial charge in [0.15, 0.2) is 9.84 Å². The van der Waals surface area contributed by atoms with Crippen molar-refractivity contribution < 1.29 is 36.2 Å². The van der Waals surface area contributed by atoms with Gasteiger partial charge in [-0.1, -0.05) is 6.92 Å². The number of pyridine rings is 2. The van der Waals surface area contributed by atoms with Crippen molar-refractivity contribution in [3.63, 3.8) is 0 Å². The molecule has 208 valence electrons. The van der Waals surface area contributed by atoms with E-state index < -0.39 is 73.2 Å². The van der Waals surface area contributed by atoms with Gasteiger partial charge in [-0.25, -0.2) is 26.6 Å². The fraction of sp³-hybridized carbons (Fsp3) is 0.346. The second-order valence-electron chi connectivity index (χ2n) is 9.57. The molecule has 1 aliphatic rings. The zero-order valence-electron chi connectivity index (χ0n) is 21.3. The molecule has 9 nitrogen and oxygen atoms in total. The van der Waals surface area contributed by atoms with E-state index >= 15 is 0 Å². The summed E-state index contributed by atoms with van der Waals surface area (Å²) in [6.07, 6.45) is 3.22. The van der Waals surface area contributed by atoms with Crippen LogP contribution in [0, 0.1) is 17.5 Å². The van der Waals surface area contributed by atoms with E-state index in [9.17, 15) is 31.5 Å². The van der Waals surface area contributed by atoms with Crippen LogP contribution in [0.25, 0.3) is 11.3 Å². The van der Waals surface area contributed by atoms with E-state index in [4.69, 9.17) is 10.5 Å². The Hall–Kier alpha value is -3.39. The Labute approximate surface area is 223 Å². The van der Waals surface area contributed by atoms with Gasteiger partial charge < -0.3 is 20.9 Å². The normalized spacial score (nSPS) is 23.4. The minimum Gasteiger partial charge on any atom is -0.386 e. The molecule has 0 spiro atoms. The van der Waals surface area contributed by atoms with E-state index in [2.05, 4.69) is 15.3 Å². The summed E-state index contributed by atoms with van der Waals surface area (Å²) in [4.78, 5) is 20.3. The molecule has 1 fully saturated rings. The van der Waals surface area contributed by atoms with Crippen molar-refractivity contribution in [2.45, 2.75) is 55.4 Å². The number of halogens is 3. The first-order valence-electron chi connectivity index (χ1n) is 12.0. The minimum atomic E-state index is -3.94. The summed E-state index contributed by atoms with van der Waals surface area (Å²) >= 11 is 0. The lowest BCUT2D eigenvalue weighted by Gasteiger charge is -2.45. The number of anilines is 1. The number of hydrogen-bond acceptors (Lipinski definition) is 8. The first-order chi connectivity index (χ1) is 18.2. The number of aliphatic hydroxyl groups is 1. The molecule has 1 aliphatic heterocycles. The average Bonchev–Trinajstić information content (AvgIpc) is 2.86. The van der Waals surface area contributed by atoms with Crippen LogP contribution in [0.1, 0.15) is 48.8 Å². The molecule has 4 N–H and O–H groups in total. The Bertz CT molecular complexity index is 1510. The summed E-state index contributed by atoms with van der Waals surface area (Å²) in [6, 6.07) is 3.97. The van der Waals surface area contributed by atoms with E-state index in [-0.39, 0.29) is 17.8 Å². The maximum absolute atomic E-state index is 14.7. The van der Waals surface area contributed by atoms with Gasteiger partial charge in [0.25, 0.3) is 5.91 Å². The Morgan fingerprint density at radius 1 is 1.21 bits per heavy atom. The highest BCUT2D eigenvalue weighted by atomic mass is 32.2. The molecule has 0 unspecified atom stereocenters. The van der Waals surface area contributed by atoms with Crippen LogP contribution in [0.15, 0.2) is 47.6 Å². The molecule has 13 heteroatoms. The van der Waals surface area contributed by atoms with Gasteiger partial charge in [0.05, 0.1) is 34.6 Å². The van der Waals surface area contributed by atoms with E-state index in [0.717, 1.165) is 18.4 Å². The fourth-order valence-corrected chi connectivity index (χ4v) is 5.16. The fourth-order valence-electron chi connectivity index (χ4n) is 4.52. The Morgan fingerprint density at radius 3 is 2.49 bits per heavy atom. The molecule has 0 radical (unpaired) electrons. The number of nitrogens with zero attached hydrogens (tertiary/aromatic N) is 2. The molecule has 0 saturated carbocycles. The van der Waals surface area contributed by atoms with E-state index in [1.807, 2.05) is 6.92 Å².